The number of nitrogens with zero attached hydrogens (tertiary/aromatic N) is 3. The summed E-state index contributed by atoms with van der Waals surface area (Å²) in [5.74, 6) is -3.86. The molecule has 0 spiro atoms. The van der Waals surface area contributed by atoms with Gasteiger partial charge in [0.15, 0.2) is 17.2 Å². The molecule has 2 aromatic heterocycles. The molecule has 3 aromatic carbocycles. The molecule has 2 heterocycles. The van der Waals surface area contributed by atoms with E-state index < -0.39 is 35.5 Å². The molecule has 2 N–H and O–H groups in total. The van der Waals surface area contributed by atoms with Gasteiger partial charge in [0.1, 0.15) is 12.0 Å². The number of Topliss-reactive ketones (excluding diaryl/α,β-unsaturated/α-hetero) is 1. The van der Waals surface area contributed by atoms with Gasteiger partial charge in [-0.1, -0.05) is 96.2 Å². The topological polar surface area (TPSA) is 136 Å². The first-order valence-electron chi connectivity index (χ1n) is 13.1. The minimum atomic E-state index is -1.42. The number of hydrogen-bond donors (Lipinski definition) is 2. The van der Waals surface area contributed by atoms with Crippen molar-refractivity contribution in [2.24, 2.45) is 7.05 Å². The summed E-state index contributed by atoms with van der Waals surface area (Å²) in [6.45, 7) is 1.65. The van der Waals surface area contributed by atoms with Gasteiger partial charge in [0, 0.05) is 24.9 Å². The van der Waals surface area contributed by atoms with E-state index in [1.54, 1.807) is 74.6 Å². The summed E-state index contributed by atoms with van der Waals surface area (Å²) in [6.07, 6.45) is 1.49. The maximum atomic E-state index is 14.2. The molecular weight excluding hydrogens is 534 g/mol. The summed E-state index contributed by atoms with van der Waals surface area (Å²) in [5.41, 5.74) is 2.14. The molecule has 0 radical (unpaired) electrons. The Kier molecular flexibility index (Phi) is 8.14. The maximum absolute atomic E-state index is 14.2. The van der Waals surface area contributed by atoms with E-state index in [1.165, 1.54) is 16.9 Å². The Morgan fingerprint density at radius 3 is 2.00 bits per heavy atom. The van der Waals surface area contributed by atoms with Gasteiger partial charge in [0.2, 0.25) is 5.91 Å². The van der Waals surface area contributed by atoms with Crippen LogP contribution in [0.5, 0.6) is 0 Å². The van der Waals surface area contributed by atoms with E-state index in [1.807, 2.05) is 30.3 Å². The monoisotopic (exact) mass is 561 g/mol. The molecule has 0 aliphatic heterocycles. The van der Waals surface area contributed by atoms with Gasteiger partial charge in [-0.25, -0.2) is 0 Å². The van der Waals surface area contributed by atoms with Crippen molar-refractivity contribution in [3.05, 3.63) is 131 Å². The first-order valence-corrected chi connectivity index (χ1v) is 13.1. The van der Waals surface area contributed by atoms with Crippen molar-refractivity contribution in [1.29, 1.82) is 0 Å². The molecule has 2 unspecified atom stereocenters. The second kappa shape index (κ2) is 12.3. The number of nitrogens with one attached hydrogen (secondary N) is 2. The molecule has 0 saturated carbocycles. The van der Waals surface area contributed by atoms with Crippen molar-refractivity contribution in [2.45, 2.75) is 18.9 Å². The van der Waals surface area contributed by atoms with Crippen LogP contribution in [0.15, 0.2) is 108 Å². The molecule has 10 nitrogen and oxygen atoms in total. The fourth-order valence-corrected chi connectivity index (χ4v) is 4.62. The van der Waals surface area contributed by atoms with Gasteiger partial charge in [0.05, 0.1) is 11.3 Å². The van der Waals surface area contributed by atoms with E-state index in [2.05, 4.69) is 20.9 Å². The number of hydrogen-bond acceptors (Lipinski definition) is 7. The second-order valence-electron chi connectivity index (χ2n) is 9.63. The zero-order valence-corrected chi connectivity index (χ0v) is 22.9. The summed E-state index contributed by atoms with van der Waals surface area (Å²) >= 11 is 0. The summed E-state index contributed by atoms with van der Waals surface area (Å²) in [5, 5.41) is 13.1. The number of ketones is 1. The molecule has 10 heteroatoms. The molecule has 210 valence electrons. The van der Waals surface area contributed by atoms with Gasteiger partial charge >= 0.3 is 0 Å². The van der Waals surface area contributed by atoms with E-state index in [9.17, 15) is 19.2 Å². The minimum absolute atomic E-state index is 0.0365. The van der Waals surface area contributed by atoms with E-state index in [0.717, 1.165) is 5.56 Å². The summed E-state index contributed by atoms with van der Waals surface area (Å²) in [6, 6.07) is 26.3. The zero-order chi connectivity index (χ0) is 29.6. The van der Waals surface area contributed by atoms with Crippen LogP contribution in [-0.4, -0.2) is 38.4 Å². The van der Waals surface area contributed by atoms with Crippen LogP contribution >= 0.6 is 0 Å². The lowest BCUT2D eigenvalue weighted by molar-refractivity contribution is -0.131. The number of aromatic nitrogens is 3. The van der Waals surface area contributed by atoms with Gasteiger partial charge in [-0.05, 0) is 18.1 Å². The molecule has 0 aliphatic carbocycles. The smallest absolute Gasteiger partial charge is 0.274 e. The summed E-state index contributed by atoms with van der Waals surface area (Å²) in [7, 11) is 1.66. The number of carbonyl (C=O) groups excluding carboxylic acids is 4. The molecule has 5 aromatic rings. The van der Waals surface area contributed by atoms with E-state index >= 15 is 0 Å². The van der Waals surface area contributed by atoms with Crippen LogP contribution < -0.4 is 10.6 Å². The Morgan fingerprint density at radius 1 is 0.810 bits per heavy atom. The molecular formula is C32H27N5O5. The number of carbonyl (C=O) groups is 4. The highest BCUT2D eigenvalue weighted by Gasteiger charge is 2.37. The molecule has 0 fully saturated rings. The number of imide groups is 1. The fourth-order valence-electron chi connectivity index (χ4n) is 4.62. The standard InChI is InChI=1S/C32H27N5O5/c1-20-24(19-37(2)35-20)30(39)34-32(41)27(22-14-8-4-9-15-22)29(38)28(23-16-10-5-11-17-23)33-31(40)25-18-26(42-36-25)21-12-6-3-7-13-21/h3-19,27-28H,1-2H3,(H,33,40)(H,34,39,41). The van der Waals surface area contributed by atoms with Crippen molar-refractivity contribution >= 4 is 23.5 Å². The average Bonchev–Trinajstić information content (AvgIpc) is 3.63. The highest BCUT2D eigenvalue weighted by molar-refractivity contribution is 6.16. The van der Waals surface area contributed by atoms with Crippen LogP contribution in [0.3, 0.4) is 0 Å². The van der Waals surface area contributed by atoms with Crippen molar-refractivity contribution in [3.63, 3.8) is 0 Å². The second-order valence-corrected chi connectivity index (χ2v) is 9.63. The Hall–Kier alpha value is -5.64. The Bertz CT molecular complexity index is 1730. The minimum Gasteiger partial charge on any atom is -0.355 e. The number of rotatable bonds is 9. The summed E-state index contributed by atoms with van der Waals surface area (Å²) in [4.78, 5) is 54.2. The number of amides is 3. The number of benzene rings is 3. The zero-order valence-electron chi connectivity index (χ0n) is 22.9. The van der Waals surface area contributed by atoms with Crippen molar-refractivity contribution in [1.82, 2.24) is 25.6 Å². The van der Waals surface area contributed by atoms with Gasteiger partial charge in [-0.2, -0.15) is 5.10 Å². The lowest BCUT2D eigenvalue weighted by atomic mass is 9.87. The van der Waals surface area contributed by atoms with E-state index in [-0.39, 0.29) is 11.3 Å². The number of aryl methyl sites for hydroxylation is 2. The highest BCUT2D eigenvalue weighted by Crippen LogP contribution is 2.27. The lowest BCUT2D eigenvalue weighted by Crippen LogP contribution is -2.43. The van der Waals surface area contributed by atoms with E-state index in [0.29, 0.717) is 22.6 Å². The molecule has 0 saturated heterocycles. The predicted molar refractivity (Wildman–Crippen MR) is 153 cm³/mol. The summed E-state index contributed by atoms with van der Waals surface area (Å²) < 4.78 is 6.83. The van der Waals surface area contributed by atoms with Crippen LogP contribution in [-0.2, 0) is 16.6 Å². The SMILES string of the molecule is Cc1nn(C)cc1C(=O)NC(=O)C(C(=O)C(NC(=O)c1cc(-c2ccccc2)on1)c1ccccc1)c1ccccc1. The van der Waals surface area contributed by atoms with Gasteiger partial charge in [-0.15, -0.1) is 0 Å². The van der Waals surface area contributed by atoms with Crippen molar-refractivity contribution in [2.75, 3.05) is 0 Å². The normalized spacial score (nSPS) is 12.2. The third-order valence-electron chi connectivity index (χ3n) is 6.67. The van der Waals surface area contributed by atoms with Crippen molar-refractivity contribution < 1.29 is 23.7 Å². The molecule has 3 amide bonds. The van der Waals surface area contributed by atoms with Gasteiger partial charge < -0.3 is 9.84 Å². The largest absolute Gasteiger partial charge is 0.355 e. The Labute approximate surface area is 241 Å². The molecule has 0 aliphatic rings. The average molecular weight is 562 g/mol. The van der Waals surface area contributed by atoms with Crippen molar-refractivity contribution in [3.8, 4) is 11.3 Å². The molecule has 0 bridgehead atoms. The quantitative estimate of drug-likeness (QED) is 0.258. The first-order chi connectivity index (χ1) is 20.3. The molecule has 2 atom stereocenters. The van der Waals surface area contributed by atoms with Crippen LogP contribution in [0.1, 0.15) is 49.6 Å². The van der Waals surface area contributed by atoms with Crippen LogP contribution in [0, 0.1) is 6.92 Å². The van der Waals surface area contributed by atoms with Crippen LogP contribution in [0.25, 0.3) is 11.3 Å². The first kappa shape index (κ1) is 27.9. The van der Waals surface area contributed by atoms with Crippen LogP contribution in [0.4, 0.5) is 0 Å². The highest BCUT2D eigenvalue weighted by atomic mass is 16.5. The molecule has 5 rings (SSSR count). The Morgan fingerprint density at radius 2 is 1.40 bits per heavy atom. The Balaban J connectivity index is 1.46. The third-order valence-corrected chi connectivity index (χ3v) is 6.67. The molecule has 42 heavy (non-hydrogen) atoms. The van der Waals surface area contributed by atoms with Gasteiger partial charge in [-0.3, -0.25) is 29.2 Å². The maximum Gasteiger partial charge on any atom is 0.274 e. The third kappa shape index (κ3) is 6.07. The van der Waals surface area contributed by atoms with E-state index in [4.69, 9.17) is 4.52 Å². The fraction of sp³-hybridized carbons (Fsp3) is 0.125. The predicted octanol–water partition coefficient (Wildman–Crippen LogP) is 4.16. The van der Waals surface area contributed by atoms with Crippen LogP contribution in [0.2, 0.25) is 0 Å². The lowest BCUT2D eigenvalue weighted by Gasteiger charge is -2.23. The van der Waals surface area contributed by atoms with Gasteiger partial charge in [0.25, 0.3) is 11.8 Å².